The molecule has 2 saturated heterocycles. The molecule has 0 aromatic rings. The fourth-order valence-corrected chi connectivity index (χ4v) is 3.18. The fourth-order valence-electron chi connectivity index (χ4n) is 3.18. The Morgan fingerprint density at radius 1 is 1.00 bits per heavy atom. The smallest absolute Gasteiger partial charge is 0.0120 e. The third-order valence-electron chi connectivity index (χ3n) is 3.72. The number of likely N-dealkylation sites (tertiary alicyclic amines) is 1. The molecule has 0 amide bonds. The quantitative estimate of drug-likeness (QED) is 0.687. The van der Waals surface area contributed by atoms with Gasteiger partial charge in [-0.25, -0.2) is 0 Å². The minimum atomic E-state index is 0.876. The van der Waals surface area contributed by atoms with Gasteiger partial charge in [0, 0.05) is 19.1 Å². The molecule has 0 radical (unpaired) electrons. The van der Waals surface area contributed by atoms with Crippen LogP contribution in [0.4, 0.5) is 0 Å². The lowest BCUT2D eigenvalue weighted by Gasteiger charge is -2.41. The van der Waals surface area contributed by atoms with E-state index in [1.54, 1.807) is 0 Å². The summed E-state index contributed by atoms with van der Waals surface area (Å²) >= 11 is 0. The van der Waals surface area contributed by atoms with Gasteiger partial charge in [-0.05, 0) is 44.2 Å². The standard InChI is InChI=1S/C12H24N2/c1-10-7-11(2)9-14(8-10)12-3-5-13-6-4-12/h10-13H,3-9H2,1-2H3/t10-,11-/m1/s1. The molecular formula is C12H24N2. The zero-order chi connectivity index (χ0) is 9.97. The average Bonchev–Trinajstić information content (AvgIpc) is 2.18. The van der Waals surface area contributed by atoms with Gasteiger partial charge >= 0.3 is 0 Å². The van der Waals surface area contributed by atoms with E-state index in [4.69, 9.17) is 0 Å². The highest BCUT2D eigenvalue weighted by molar-refractivity contribution is 4.83. The Balaban J connectivity index is 1.88. The molecular weight excluding hydrogens is 172 g/mol. The number of piperidine rings is 2. The average molecular weight is 196 g/mol. The van der Waals surface area contributed by atoms with Crippen LogP contribution in [-0.4, -0.2) is 37.1 Å². The molecule has 2 rings (SSSR count). The van der Waals surface area contributed by atoms with E-state index in [1.165, 1.54) is 45.4 Å². The Labute approximate surface area is 88.1 Å². The molecule has 0 aromatic heterocycles. The third-order valence-corrected chi connectivity index (χ3v) is 3.72. The number of nitrogens with one attached hydrogen (secondary N) is 1. The summed E-state index contributed by atoms with van der Waals surface area (Å²) < 4.78 is 0. The van der Waals surface area contributed by atoms with Gasteiger partial charge in [-0.1, -0.05) is 13.8 Å². The van der Waals surface area contributed by atoms with E-state index in [0.29, 0.717) is 0 Å². The molecule has 82 valence electrons. The lowest BCUT2D eigenvalue weighted by atomic mass is 9.89. The maximum atomic E-state index is 3.45. The van der Waals surface area contributed by atoms with E-state index in [1.807, 2.05) is 0 Å². The van der Waals surface area contributed by atoms with Crippen LogP contribution < -0.4 is 5.32 Å². The van der Waals surface area contributed by atoms with Crippen LogP contribution in [0.2, 0.25) is 0 Å². The molecule has 0 aromatic carbocycles. The van der Waals surface area contributed by atoms with Crippen molar-refractivity contribution in [2.45, 2.75) is 39.2 Å². The van der Waals surface area contributed by atoms with Gasteiger partial charge in [-0.15, -0.1) is 0 Å². The highest BCUT2D eigenvalue weighted by atomic mass is 15.2. The van der Waals surface area contributed by atoms with E-state index in [2.05, 4.69) is 24.1 Å². The van der Waals surface area contributed by atoms with Gasteiger partial charge in [0.1, 0.15) is 0 Å². The predicted octanol–water partition coefficient (Wildman–Crippen LogP) is 1.72. The zero-order valence-corrected chi connectivity index (χ0v) is 9.63. The van der Waals surface area contributed by atoms with Gasteiger partial charge in [0.15, 0.2) is 0 Å². The van der Waals surface area contributed by atoms with Crippen molar-refractivity contribution in [3.63, 3.8) is 0 Å². The monoisotopic (exact) mass is 196 g/mol. The van der Waals surface area contributed by atoms with E-state index in [0.717, 1.165) is 17.9 Å². The zero-order valence-electron chi connectivity index (χ0n) is 9.63. The molecule has 2 fully saturated rings. The summed E-state index contributed by atoms with van der Waals surface area (Å²) in [4.78, 5) is 2.75. The van der Waals surface area contributed by atoms with Gasteiger partial charge in [-0.3, -0.25) is 4.90 Å². The molecule has 0 spiro atoms. The van der Waals surface area contributed by atoms with Crippen molar-refractivity contribution in [1.82, 2.24) is 10.2 Å². The van der Waals surface area contributed by atoms with Gasteiger partial charge in [-0.2, -0.15) is 0 Å². The molecule has 14 heavy (non-hydrogen) atoms. The summed E-state index contributed by atoms with van der Waals surface area (Å²) in [5, 5.41) is 3.45. The van der Waals surface area contributed by atoms with Gasteiger partial charge < -0.3 is 5.32 Å². The van der Waals surface area contributed by atoms with Crippen molar-refractivity contribution in [3.05, 3.63) is 0 Å². The Bertz CT molecular complexity index is 165. The minimum Gasteiger partial charge on any atom is -0.317 e. The van der Waals surface area contributed by atoms with Crippen LogP contribution in [0, 0.1) is 11.8 Å². The van der Waals surface area contributed by atoms with E-state index in [-0.39, 0.29) is 0 Å². The van der Waals surface area contributed by atoms with Crippen LogP contribution in [0.3, 0.4) is 0 Å². The van der Waals surface area contributed by atoms with Gasteiger partial charge in [0.2, 0.25) is 0 Å². The Morgan fingerprint density at radius 2 is 1.57 bits per heavy atom. The van der Waals surface area contributed by atoms with Gasteiger partial charge in [0.25, 0.3) is 0 Å². The normalized spacial score (nSPS) is 37.3. The molecule has 1 N–H and O–H groups in total. The highest BCUT2D eigenvalue weighted by Gasteiger charge is 2.27. The first-order chi connectivity index (χ1) is 6.75. The van der Waals surface area contributed by atoms with Crippen LogP contribution in [0.25, 0.3) is 0 Å². The minimum absolute atomic E-state index is 0.876. The molecule has 2 aliphatic heterocycles. The van der Waals surface area contributed by atoms with Gasteiger partial charge in [0.05, 0.1) is 0 Å². The molecule has 0 aliphatic carbocycles. The molecule has 2 atom stereocenters. The summed E-state index contributed by atoms with van der Waals surface area (Å²) in [7, 11) is 0. The summed E-state index contributed by atoms with van der Waals surface area (Å²) in [5.41, 5.74) is 0. The molecule has 0 bridgehead atoms. The summed E-state index contributed by atoms with van der Waals surface area (Å²) in [6.45, 7) is 9.95. The predicted molar refractivity (Wildman–Crippen MR) is 60.4 cm³/mol. The maximum Gasteiger partial charge on any atom is 0.0120 e. The Kier molecular flexibility index (Phi) is 3.45. The van der Waals surface area contributed by atoms with Crippen LogP contribution in [0.15, 0.2) is 0 Å². The number of hydrogen-bond donors (Lipinski definition) is 1. The molecule has 2 heteroatoms. The van der Waals surface area contributed by atoms with Crippen LogP contribution >= 0.6 is 0 Å². The van der Waals surface area contributed by atoms with Crippen molar-refractivity contribution in [1.29, 1.82) is 0 Å². The van der Waals surface area contributed by atoms with Crippen LogP contribution in [0.1, 0.15) is 33.1 Å². The number of rotatable bonds is 1. The van der Waals surface area contributed by atoms with E-state index < -0.39 is 0 Å². The summed E-state index contributed by atoms with van der Waals surface area (Å²) in [6, 6.07) is 0.876. The topological polar surface area (TPSA) is 15.3 Å². The first-order valence-corrected chi connectivity index (χ1v) is 6.20. The van der Waals surface area contributed by atoms with E-state index in [9.17, 15) is 0 Å². The largest absolute Gasteiger partial charge is 0.317 e. The van der Waals surface area contributed by atoms with Crippen molar-refractivity contribution in [2.24, 2.45) is 11.8 Å². The third kappa shape index (κ3) is 2.48. The molecule has 2 heterocycles. The highest BCUT2D eigenvalue weighted by Crippen LogP contribution is 2.25. The van der Waals surface area contributed by atoms with Crippen molar-refractivity contribution in [2.75, 3.05) is 26.2 Å². The first-order valence-electron chi connectivity index (χ1n) is 6.20. The summed E-state index contributed by atoms with van der Waals surface area (Å²) in [5.74, 6) is 1.82. The summed E-state index contributed by atoms with van der Waals surface area (Å²) in [6.07, 6.45) is 4.15. The lowest BCUT2D eigenvalue weighted by Crippen LogP contribution is -2.49. The Morgan fingerprint density at radius 3 is 2.14 bits per heavy atom. The van der Waals surface area contributed by atoms with Crippen molar-refractivity contribution >= 4 is 0 Å². The number of nitrogens with zero attached hydrogens (tertiary/aromatic N) is 1. The second-order valence-electron chi connectivity index (χ2n) is 5.38. The SMILES string of the molecule is C[C@@H]1C[C@@H](C)CN(C2CCNCC2)C1. The molecule has 2 aliphatic rings. The molecule has 0 unspecified atom stereocenters. The second-order valence-corrected chi connectivity index (χ2v) is 5.38. The van der Waals surface area contributed by atoms with Crippen molar-refractivity contribution < 1.29 is 0 Å². The van der Waals surface area contributed by atoms with E-state index >= 15 is 0 Å². The lowest BCUT2D eigenvalue weighted by molar-refractivity contribution is 0.0793. The second kappa shape index (κ2) is 4.63. The Hall–Kier alpha value is -0.0800. The number of hydrogen-bond acceptors (Lipinski definition) is 2. The maximum absolute atomic E-state index is 3.45. The molecule has 2 nitrogen and oxygen atoms in total. The molecule has 0 saturated carbocycles. The fraction of sp³-hybridized carbons (Fsp3) is 1.00. The first kappa shape index (κ1) is 10.4. The van der Waals surface area contributed by atoms with Crippen LogP contribution in [0.5, 0.6) is 0 Å². The van der Waals surface area contributed by atoms with Crippen molar-refractivity contribution in [3.8, 4) is 0 Å². The van der Waals surface area contributed by atoms with Crippen LogP contribution in [-0.2, 0) is 0 Å².